The van der Waals surface area contributed by atoms with Gasteiger partial charge in [-0.2, -0.15) is 5.26 Å². The molecule has 0 unspecified atom stereocenters. The van der Waals surface area contributed by atoms with E-state index in [0.717, 1.165) is 0 Å². The number of likely N-dealkylation sites (tertiary alicyclic amines) is 1. The molecule has 0 radical (unpaired) electrons. The fourth-order valence-corrected chi connectivity index (χ4v) is 4.03. The monoisotopic (exact) mass is 506 g/mol. The van der Waals surface area contributed by atoms with Gasteiger partial charge in [0.15, 0.2) is 5.58 Å². The standard InChI is InChI=1S/C27H30N4O6/c1-27(2,3)37-26(34)31-10-8-21(9-11-31)35-16-23(33)29-20-6-4-18(5-7-20)25-30-22-13-17(14-28)12-19(15-32)24(22)36-25/h4-7,12-13,21,32H,8-11,15-16H2,1-3H3,(H,29,33). The first-order valence-corrected chi connectivity index (χ1v) is 12.1. The summed E-state index contributed by atoms with van der Waals surface area (Å²) in [7, 11) is 0. The number of nitrogens with one attached hydrogen (secondary N) is 1. The molecular formula is C27H30N4O6. The van der Waals surface area contributed by atoms with Crippen LogP contribution in [-0.4, -0.2) is 58.4 Å². The topological polar surface area (TPSA) is 138 Å². The Morgan fingerprint density at radius 3 is 2.54 bits per heavy atom. The number of nitriles is 1. The number of piperidine rings is 1. The first-order chi connectivity index (χ1) is 17.6. The fourth-order valence-electron chi connectivity index (χ4n) is 4.03. The average Bonchev–Trinajstić information content (AvgIpc) is 3.31. The minimum atomic E-state index is -0.533. The lowest BCUT2D eigenvalue weighted by atomic mass is 10.1. The number of fused-ring (bicyclic) bond motifs is 1. The van der Waals surface area contributed by atoms with E-state index in [-0.39, 0.29) is 31.3 Å². The molecule has 2 amide bonds. The zero-order chi connectivity index (χ0) is 26.6. The number of aliphatic hydroxyl groups is 1. The van der Waals surface area contributed by atoms with Gasteiger partial charge in [0.1, 0.15) is 17.7 Å². The number of ether oxygens (including phenoxy) is 2. The zero-order valence-electron chi connectivity index (χ0n) is 21.1. The third-order valence-electron chi connectivity index (χ3n) is 5.83. The quantitative estimate of drug-likeness (QED) is 0.507. The molecule has 1 aliphatic rings. The van der Waals surface area contributed by atoms with E-state index in [2.05, 4.69) is 10.3 Å². The van der Waals surface area contributed by atoms with Crippen LogP contribution in [0.3, 0.4) is 0 Å². The largest absolute Gasteiger partial charge is 0.444 e. The highest BCUT2D eigenvalue weighted by atomic mass is 16.6. The molecule has 37 heavy (non-hydrogen) atoms. The predicted octanol–water partition coefficient (Wildman–Crippen LogP) is 4.21. The lowest BCUT2D eigenvalue weighted by molar-refractivity contribution is -0.123. The number of amides is 2. The van der Waals surface area contributed by atoms with E-state index in [0.29, 0.717) is 65.3 Å². The summed E-state index contributed by atoms with van der Waals surface area (Å²) in [5, 5.41) is 21.6. The van der Waals surface area contributed by atoms with Crippen LogP contribution in [0.1, 0.15) is 44.7 Å². The van der Waals surface area contributed by atoms with Crippen molar-refractivity contribution in [3.63, 3.8) is 0 Å². The Hall–Kier alpha value is -3.94. The third kappa shape index (κ3) is 6.64. The van der Waals surface area contributed by atoms with Gasteiger partial charge in [-0.1, -0.05) is 0 Å². The van der Waals surface area contributed by atoms with Gasteiger partial charge in [-0.3, -0.25) is 4.79 Å². The van der Waals surface area contributed by atoms with Crippen LogP contribution in [0.4, 0.5) is 10.5 Å². The summed E-state index contributed by atoms with van der Waals surface area (Å²) in [6.07, 6.45) is 0.848. The number of benzene rings is 2. The minimum Gasteiger partial charge on any atom is -0.444 e. The maximum atomic E-state index is 12.4. The van der Waals surface area contributed by atoms with Crippen LogP contribution < -0.4 is 5.32 Å². The normalized spacial score (nSPS) is 14.4. The number of hydrogen-bond donors (Lipinski definition) is 2. The molecule has 1 saturated heterocycles. The molecule has 3 aromatic rings. The third-order valence-corrected chi connectivity index (χ3v) is 5.83. The van der Waals surface area contributed by atoms with Crippen molar-refractivity contribution in [1.82, 2.24) is 9.88 Å². The number of aliphatic hydroxyl groups excluding tert-OH is 1. The number of hydrogen-bond acceptors (Lipinski definition) is 8. The number of oxazole rings is 1. The van der Waals surface area contributed by atoms with Crippen LogP contribution in [0.25, 0.3) is 22.6 Å². The molecule has 0 bridgehead atoms. The smallest absolute Gasteiger partial charge is 0.410 e. The lowest BCUT2D eigenvalue weighted by Gasteiger charge is -2.33. The van der Waals surface area contributed by atoms with Crippen molar-refractivity contribution in [3.05, 3.63) is 47.5 Å². The van der Waals surface area contributed by atoms with Crippen LogP contribution >= 0.6 is 0 Å². The Balaban J connectivity index is 1.28. The molecule has 10 nitrogen and oxygen atoms in total. The summed E-state index contributed by atoms with van der Waals surface area (Å²) >= 11 is 0. The van der Waals surface area contributed by atoms with E-state index in [4.69, 9.17) is 19.2 Å². The van der Waals surface area contributed by atoms with E-state index in [1.165, 1.54) is 0 Å². The number of carbonyl (C=O) groups is 2. The summed E-state index contributed by atoms with van der Waals surface area (Å²) < 4.78 is 17.0. The van der Waals surface area contributed by atoms with Gasteiger partial charge in [-0.15, -0.1) is 0 Å². The number of aromatic nitrogens is 1. The molecule has 0 spiro atoms. The van der Waals surface area contributed by atoms with Crippen LogP contribution in [0.5, 0.6) is 0 Å². The van der Waals surface area contributed by atoms with Crippen molar-refractivity contribution in [3.8, 4) is 17.5 Å². The summed E-state index contributed by atoms with van der Waals surface area (Å²) in [5.41, 5.74) is 2.56. The summed E-state index contributed by atoms with van der Waals surface area (Å²) in [6, 6.07) is 12.2. The van der Waals surface area contributed by atoms with Gasteiger partial charge in [-0.05, 0) is 70.0 Å². The minimum absolute atomic E-state index is 0.0881. The second kappa shape index (κ2) is 11.0. The van der Waals surface area contributed by atoms with Crippen LogP contribution in [0.2, 0.25) is 0 Å². The highest BCUT2D eigenvalue weighted by molar-refractivity contribution is 5.92. The van der Waals surface area contributed by atoms with E-state index in [1.807, 2.05) is 26.8 Å². The maximum absolute atomic E-state index is 12.4. The van der Waals surface area contributed by atoms with Gasteiger partial charge in [0.2, 0.25) is 11.8 Å². The zero-order valence-corrected chi connectivity index (χ0v) is 21.1. The lowest BCUT2D eigenvalue weighted by Crippen LogP contribution is -2.43. The van der Waals surface area contributed by atoms with Crippen molar-refractivity contribution >= 4 is 28.8 Å². The van der Waals surface area contributed by atoms with Crippen LogP contribution in [0.15, 0.2) is 40.8 Å². The molecule has 1 fully saturated rings. The van der Waals surface area contributed by atoms with E-state index >= 15 is 0 Å². The second-order valence-electron chi connectivity index (χ2n) is 9.88. The van der Waals surface area contributed by atoms with Crippen LogP contribution in [0, 0.1) is 11.3 Å². The number of anilines is 1. The van der Waals surface area contributed by atoms with Crippen molar-refractivity contribution < 1.29 is 28.6 Å². The van der Waals surface area contributed by atoms with Crippen molar-refractivity contribution in [2.24, 2.45) is 0 Å². The van der Waals surface area contributed by atoms with Gasteiger partial charge in [0.25, 0.3) is 0 Å². The fraction of sp³-hybridized carbons (Fsp3) is 0.407. The molecule has 4 rings (SSSR count). The van der Waals surface area contributed by atoms with E-state index in [1.54, 1.807) is 41.3 Å². The number of nitrogens with zero attached hydrogens (tertiary/aromatic N) is 3. The Morgan fingerprint density at radius 2 is 1.92 bits per heavy atom. The SMILES string of the molecule is CC(C)(C)OC(=O)N1CCC(OCC(=O)Nc2ccc(-c3nc4cc(C#N)cc(CO)c4o3)cc2)CC1. The molecule has 1 aromatic heterocycles. The molecule has 2 aromatic carbocycles. The maximum Gasteiger partial charge on any atom is 0.410 e. The molecule has 0 atom stereocenters. The Bertz CT molecular complexity index is 1310. The first kappa shape index (κ1) is 26.1. The molecule has 2 N–H and O–H groups in total. The Labute approximate surface area is 214 Å². The Kier molecular flexibility index (Phi) is 7.76. The highest BCUT2D eigenvalue weighted by Gasteiger charge is 2.27. The molecular weight excluding hydrogens is 476 g/mol. The molecule has 2 heterocycles. The molecule has 1 aliphatic heterocycles. The second-order valence-corrected chi connectivity index (χ2v) is 9.88. The number of rotatable bonds is 6. The molecule has 194 valence electrons. The van der Waals surface area contributed by atoms with Gasteiger partial charge < -0.3 is 29.2 Å². The van der Waals surface area contributed by atoms with Gasteiger partial charge in [0, 0.05) is 29.9 Å². The summed E-state index contributed by atoms with van der Waals surface area (Å²) in [4.78, 5) is 30.7. The van der Waals surface area contributed by atoms with Crippen LogP contribution in [-0.2, 0) is 20.9 Å². The molecule has 0 aliphatic carbocycles. The molecule has 10 heteroatoms. The van der Waals surface area contributed by atoms with Gasteiger partial charge >= 0.3 is 6.09 Å². The van der Waals surface area contributed by atoms with Gasteiger partial charge in [-0.25, -0.2) is 9.78 Å². The highest BCUT2D eigenvalue weighted by Crippen LogP contribution is 2.28. The Morgan fingerprint density at radius 1 is 1.22 bits per heavy atom. The van der Waals surface area contributed by atoms with E-state index < -0.39 is 5.60 Å². The first-order valence-electron chi connectivity index (χ1n) is 12.1. The van der Waals surface area contributed by atoms with Crippen molar-refractivity contribution in [1.29, 1.82) is 5.26 Å². The van der Waals surface area contributed by atoms with Gasteiger partial charge in [0.05, 0.1) is 24.3 Å². The van der Waals surface area contributed by atoms with Crippen molar-refractivity contribution in [2.75, 3.05) is 25.0 Å². The summed E-state index contributed by atoms with van der Waals surface area (Å²) in [6.45, 7) is 6.20. The average molecular weight is 507 g/mol. The number of carbonyl (C=O) groups excluding carboxylic acids is 2. The molecule has 0 saturated carbocycles. The van der Waals surface area contributed by atoms with Crippen molar-refractivity contribution in [2.45, 2.75) is 51.9 Å². The van der Waals surface area contributed by atoms with E-state index in [9.17, 15) is 14.7 Å². The summed E-state index contributed by atoms with van der Waals surface area (Å²) in [5.74, 6) is 0.0690. The predicted molar refractivity (Wildman–Crippen MR) is 135 cm³/mol.